The maximum atomic E-state index is 12.1. The molecule has 1 fully saturated rings. The standard InChI is InChI=1S/C15H29NO/c1-3-4-5-6-7-8-9-10-14(17)15(2)11-12-16-13-15/h16H,3-13H2,1-2H3. The van der Waals surface area contributed by atoms with E-state index in [0.717, 1.165) is 32.4 Å². The van der Waals surface area contributed by atoms with Crippen LogP contribution in [0.25, 0.3) is 0 Å². The van der Waals surface area contributed by atoms with Crippen molar-refractivity contribution in [2.45, 2.75) is 71.6 Å². The van der Waals surface area contributed by atoms with Crippen LogP contribution in [0.2, 0.25) is 0 Å². The quantitative estimate of drug-likeness (QED) is 0.622. The second-order valence-electron chi connectivity index (χ2n) is 5.78. The van der Waals surface area contributed by atoms with Gasteiger partial charge in [-0.3, -0.25) is 4.79 Å². The summed E-state index contributed by atoms with van der Waals surface area (Å²) in [6.45, 7) is 6.27. The van der Waals surface area contributed by atoms with Crippen LogP contribution in [0.3, 0.4) is 0 Å². The summed E-state index contributed by atoms with van der Waals surface area (Å²) in [6, 6.07) is 0. The van der Waals surface area contributed by atoms with Gasteiger partial charge in [-0.25, -0.2) is 0 Å². The number of carbonyl (C=O) groups excluding carboxylic acids is 1. The van der Waals surface area contributed by atoms with Gasteiger partial charge in [-0.15, -0.1) is 0 Å². The third-order valence-corrected chi connectivity index (χ3v) is 4.05. The Hall–Kier alpha value is -0.370. The predicted octanol–water partition coefficient (Wildman–Crippen LogP) is 3.70. The summed E-state index contributed by atoms with van der Waals surface area (Å²) in [6.07, 6.45) is 10.9. The van der Waals surface area contributed by atoms with Gasteiger partial charge < -0.3 is 5.32 Å². The molecule has 1 aliphatic rings. The summed E-state index contributed by atoms with van der Waals surface area (Å²) in [5, 5.41) is 3.30. The van der Waals surface area contributed by atoms with Crippen LogP contribution in [-0.2, 0) is 4.79 Å². The molecule has 1 aliphatic heterocycles. The SMILES string of the molecule is CCCCCCCCCC(=O)C1(C)CCNC1. The number of ketones is 1. The monoisotopic (exact) mass is 239 g/mol. The summed E-state index contributed by atoms with van der Waals surface area (Å²) in [4.78, 5) is 12.1. The third-order valence-electron chi connectivity index (χ3n) is 4.05. The fraction of sp³-hybridized carbons (Fsp3) is 0.933. The second-order valence-corrected chi connectivity index (χ2v) is 5.78. The van der Waals surface area contributed by atoms with E-state index in [1.165, 1.54) is 38.5 Å². The van der Waals surface area contributed by atoms with E-state index < -0.39 is 0 Å². The summed E-state index contributed by atoms with van der Waals surface area (Å²) >= 11 is 0. The Balaban J connectivity index is 2.00. The van der Waals surface area contributed by atoms with E-state index in [0.29, 0.717) is 5.78 Å². The fourth-order valence-electron chi connectivity index (χ4n) is 2.60. The molecular weight excluding hydrogens is 210 g/mol. The summed E-state index contributed by atoms with van der Waals surface area (Å²) in [5.74, 6) is 0.482. The molecule has 17 heavy (non-hydrogen) atoms. The minimum atomic E-state index is -0.0534. The van der Waals surface area contributed by atoms with Gasteiger partial charge in [0.1, 0.15) is 5.78 Å². The molecule has 0 aromatic carbocycles. The molecule has 1 saturated heterocycles. The smallest absolute Gasteiger partial charge is 0.140 e. The van der Waals surface area contributed by atoms with Gasteiger partial charge in [0.25, 0.3) is 0 Å². The molecule has 0 aromatic rings. The number of Topliss-reactive ketones (excluding diaryl/α,β-unsaturated/α-hetero) is 1. The van der Waals surface area contributed by atoms with Gasteiger partial charge in [0, 0.05) is 18.4 Å². The van der Waals surface area contributed by atoms with Crippen LogP contribution in [0.15, 0.2) is 0 Å². The van der Waals surface area contributed by atoms with Crippen LogP contribution in [0.1, 0.15) is 71.6 Å². The minimum Gasteiger partial charge on any atom is -0.316 e. The number of unbranched alkanes of at least 4 members (excludes halogenated alkanes) is 6. The molecule has 2 nitrogen and oxygen atoms in total. The molecule has 1 N–H and O–H groups in total. The molecule has 2 heteroatoms. The van der Waals surface area contributed by atoms with E-state index in [4.69, 9.17) is 0 Å². The molecule has 100 valence electrons. The zero-order valence-corrected chi connectivity index (χ0v) is 11.7. The van der Waals surface area contributed by atoms with Crippen molar-refractivity contribution in [3.8, 4) is 0 Å². The van der Waals surface area contributed by atoms with Crippen LogP contribution in [0.5, 0.6) is 0 Å². The van der Waals surface area contributed by atoms with Crippen molar-refractivity contribution in [3.63, 3.8) is 0 Å². The van der Waals surface area contributed by atoms with Crippen molar-refractivity contribution in [1.29, 1.82) is 0 Å². The summed E-state index contributed by atoms with van der Waals surface area (Å²) in [5.41, 5.74) is -0.0534. The highest BCUT2D eigenvalue weighted by Gasteiger charge is 2.34. The molecule has 0 aromatic heterocycles. The van der Waals surface area contributed by atoms with Crippen LogP contribution in [0.4, 0.5) is 0 Å². The topological polar surface area (TPSA) is 29.1 Å². The van der Waals surface area contributed by atoms with Crippen molar-refractivity contribution in [2.24, 2.45) is 5.41 Å². The van der Waals surface area contributed by atoms with Crippen LogP contribution in [0, 0.1) is 5.41 Å². The molecule has 1 unspecified atom stereocenters. The Morgan fingerprint density at radius 1 is 1.12 bits per heavy atom. The first-order chi connectivity index (χ1) is 8.19. The Labute approximate surface area is 107 Å². The molecule has 0 spiro atoms. The largest absolute Gasteiger partial charge is 0.316 e. The van der Waals surface area contributed by atoms with Crippen molar-refractivity contribution < 1.29 is 4.79 Å². The number of hydrogen-bond donors (Lipinski definition) is 1. The van der Waals surface area contributed by atoms with Gasteiger partial charge in [0.05, 0.1) is 0 Å². The molecule has 1 heterocycles. The highest BCUT2D eigenvalue weighted by molar-refractivity contribution is 5.85. The van der Waals surface area contributed by atoms with Crippen LogP contribution in [-0.4, -0.2) is 18.9 Å². The Morgan fingerprint density at radius 3 is 2.35 bits per heavy atom. The van der Waals surface area contributed by atoms with E-state index >= 15 is 0 Å². The Kier molecular flexibility index (Phi) is 6.79. The first kappa shape index (κ1) is 14.7. The molecule has 0 bridgehead atoms. The Bertz CT molecular complexity index is 219. The zero-order valence-electron chi connectivity index (χ0n) is 11.7. The predicted molar refractivity (Wildman–Crippen MR) is 73.2 cm³/mol. The molecule has 0 radical (unpaired) electrons. The third kappa shape index (κ3) is 5.20. The first-order valence-electron chi connectivity index (χ1n) is 7.43. The van der Waals surface area contributed by atoms with Gasteiger partial charge >= 0.3 is 0 Å². The number of nitrogens with one attached hydrogen (secondary N) is 1. The van der Waals surface area contributed by atoms with Gasteiger partial charge in [0.2, 0.25) is 0 Å². The molecule has 0 aliphatic carbocycles. The van der Waals surface area contributed by atoms with E-state index in [1.807, 2.05) is 0 Å². The molecular formula is C15H29NO. The number of rotatable bonds is 9. The number of carbonyl (C=O) groups is 1. The molecule has 1 rings (SSSR count). The van der Waals surface area contributed by atoms with Gasteiger partial charge in [-0.05, 0) is 19.4 Å². The fourth-order valence-corrected chi connectivity index (χ4v) is 2.60. The first-order valence-corrected chi connectivity index (χ1v) is 7.43. The lowest BCUT2D eigenvalue weighted by Gasteiger charge is -2.20. The summed E-state index contributed by atoms with van der Waals surface area (Å²) < 4.78 is 0. The second kappa shape index (κ2) is 7.86. The van der Waals surface area contributed by atoms with Gasteiger partial charge in [-0.1, -0.05) is 52.4 Å². The number of hydrogen-bond acceptors (Lipinski definition) is 2. The maximum Gasteiger partial charge on any atom is 0.140 e. The molecule has 0 saturated carbocycles. The zero-order chi connectivity index (χ0) is 12.6. The molecule has 1 atom stereocenters. The van der Waals surface area contributed by atoms with Crippen LogP contribution >= 0.6 is 0 Å². The minimum absolute atomic E-state index is 0.0534. The van der Waals surface area contributed by atoms with E-state index in [-0.39, 0.29) is 5.41 Å². The average Bonchev–Trinajstić information content (AvgIpc) is 2.76. The average molecular weight is 239 g/mol. The lowest BCUT2D eigenvalue weighted by molar-refractivity contribution is -0.127. The summed E-state index contributed by atoms with van der Waals surface area (Å²) in [7, 11) is 0. The van der Waals surface area contributed by atoms with Gasteiger partial charge in [0.15, 0.2) is 0 Å². The normalized spacial score (nSPS) is 24.1. The van der Waals surface area contributed by atoms with Crippen LogP contribution < -0.4 is 5.32 Å². The maximum absolute atomic E-state index is 12.1. The van der Waals surface area contributed by atoms with Gasteiger partial charge in [-0.2, -0.15) is 0 Å². The lowest BCUT2D eigenvalue weighted by atomic mass is 9.82. The van der Waals surface area contributed by atoms with E-state index in [9.17, 15) is 4.79 Å². The van der Waals surface area contributed by atoms with Crippen molar-refractivity contribution in [3.05, 3.63) is 0 Å². The van der Waals surface area contributed by atoms with Crippen molar-refractivity contribution >= 4 is 5.78 Å². The van der Waals surface area contributed by atoms with E-state index in [2.05, 4.69) is 19.2 Å². The van der Waals surface area contributed by atoms with Crippen molar-refractivity contribution in [1.82, 2.24) is 5.32 Å². The van der Waals surface area contributed by atoms with Crippen molar-refractivity contribution in [2.75, 3.05) is 13.1 Å². The van der Waals surface area contributed by atoms with E-state index in [1.54, 1.807) is 0 Å². The molecule has 0 amide bonds. The highest BCUT2D eigenvalue weighted by atomic mass is 16.1. The highest BCUT2D eigenvalue weighted by Crippen LogP contribution is 2.27. The lowest BCUT2D eigenvalue weighted by Crippen LogP contribution is -2.29. The Morgan fingerprint density at radius 2 is 1.76 bits per heavy atom.